The molecule has 0 unspecified atom stereocenters. The average Bonchev–Trinajstić information content (AvgIpc) is 3.12. The van der Waals surface area contributed by atoms with Gasteiger partial charge in [0.1, 0.15) is 16.6 Å². The van der Waals surface area contributed by atoms with Crippen molar-refractivity contribution in [2.45, 2.75) is 31.8 Å². The molecule has 1 aromatic heterocycles. The monoisotopic (exact) mass is 414 g/mol. The summed E-state index contributed by atoms with van der Waals surface area (Å²) in [7, 11) is 0. The number of benzene rings is 1. The van der Waals surface area contributed by atoms with Crippen LogP contribution in [0, 0.1) is 5.82 Å². The molecule has 1 aliphatic carbocycles. The van der Waals surface area contributed by atoms with Gasteiger partial charge >= 0.3 is 0 Å². The second-order valence-corrected chi connectivity index (χ2v) is 7.13. The highest BCUT2D eigenvalue weighted by molar-refractivity contribution is 7.81. The molecule has 0 saturated heterocycles. The lowest BCUT2D eigenvalue weighted by molar-refractivity contribution is -0.0325. The van der Waals surface area contributed by atoms with E-state index in [0.717, 1.165) is 12.8 Å². The molecule has 8 heteroatoms. The molecular weight excluding hydrogens is 398 g/mol. The molecule has 0 spiro atoms. The summed E-state index contributed by atoms with van der Waals surface area (Å²) in [5.74, 6) is -0.130. The van der Waals surface area contributed by atoms with Crippen LogP contribution in [-0.4, -0.2) is 22.9 Å². The minimum atomic E-state index is -0.512. The van der Waals surface area contributed by atoms with Crippen molar-refractivity contribution in [3.05, 3.63) is 52.0 Å². The van der Waals surface area contributed by atoms with Gasteiger partial charge in [0, 0.05) is 24.0 Å². The topological polar surface area (TPSA) is 43.4 Å². The second kappa shape index (κ2) is 8.95. The van der Waals surface area contributed by atoms with E-state index in [0.29, 0.717) is 21.5 Å². The Morgan fingerprint density at radius 1 is 1.23 bits per heavy atom. The Kier molecular flexibility index (Phi) is 6.64. The van der Waals surface area contributed by atoms with Crippen molar-refractivity contribution in [2.24, 2.45) is 0 Å². The van der Waals surface area contributed by atoms with Crippen molar-refractivity contribution >= 4 is 46.1 Å². The average molecular weight is 415 g/mol. The fraction of sp³-hybridized carbons (Fsp3) is 0.333. The van der Waals surface area contributed by atoms with Crippen LogP contribution in [0.15, 0.2) is 30.6 Å². The minimum Gasteiger partial charge on any atom is -0.467 e. The Bertz CT molecular complexity index is 781. The number of anilines is 1. The molecule has 1 heterocycles. The summed E-state index contributed by atoms with van der Waals surface area (Å²) in [6.07, 6.45) is 7.57. The molecule has 1 fully saturated rings. The van der Waals surface area contributed by atoms with E-state index in [1.165, 1.54) is 31.3 Å². The number of aromatic nitrogens is 1. The Balaban J connectivity index is 1.62. The zero-order valence-electron chi connectivity index (χ0n) is 13.8. The minimum absolute atomic E-state index is 0.106. The van der Waals surface area contributed by atoms with Gasteiger partial charge in [-0.25, -0.2) is 4.39 Å². The number of hydrogen-bond donors (Lipinski definition) is 1. The standard InChI is InChI=1S/C18H17Cl2FN2O2S/c19-14-8-22-9-15(20)17(14)23-18(26)13-6-5-12(7-16(13)21)25-10-24-11-3-1-2-4-11/h5-9,11H,1-4,10H2,(H,22,23,26). The van der Waals surface area contributed by atoms with Gasteiger partial charge in [-0.3, -0.25) is 4.98 Å². The summed E-state index contributed by atoms with van der Waals surface area (Å²) >= 11 is 17.3. The van der Waals surface area contributed by atoms with Crippen molar-refractivity contribution < 1.29 is 13.9 Å². The highest BCUT2D eigenvalue weighted by Crippen LogP contribution is 2.30. The molecule has 1 saturated carbocycles. The Morgan fingerprint density at radius 3 is 2.58 bits per heavy atom. The first kappa shape index (κ1) is 19.3. The van der Waals surface area contributed by atoms with E-state index in [4.69, 9.17) is 44.9 Å². The second-order valence-electron chi connectivity index (χ2n) is 5.91. The van der Waals surface area contributed by atoms with Crippen LogP contribution in [0.3, 0.4) is 0 Å². The first-order chi connectivity index (χ1) is 12.5. The van der Waals surface area contributed by atoms with Crippen molar-refractivity contribution in [2.75, 3.05) is 12.1 Å². The summed E-state index contributed by atoms with van der Waals surface area (Å²) in [5, 5.41) is 3.45. The summed E-state index contributed by atoms with van der Waals surface area (Å²) in [4.78, 5) is 4.02. The molecule has 0 bridgehead atoms. The van der Waals surface area contributed by atoms with E-state index in [-0.39, 0.29) is 23.4 Å². The molecule has 0 atom stereocenters. The third-order valence-corrected chi connectivity index (χ3v) is 5.00. The Labute approximate surface area is 166 Å². The smallest absolute Gasteiger partial charge is 0.189 e. The SMILES string of the molecule is Fc1cc(OCOC2CCCC2)ccc1C(=S)Nc1c(Cl)cncc1Cl. The molecule has 0 radical (unpaired) electrons. The van der Waals surface area contributed by atoms with E-state index >= 15 is 0 Å². The lowest BCUT2D eigenvalue weighted by Crippen LogP contribution is -2.14. The largest absolute Gasteiger partial charge is 0.467 e. The van der Waals surface area contributed by atoms with Gasteiger partial charge in [0.15, 0.2) is 6.79 Å². The fourth-order valence-corrected chi connectivity index (χ4v) is 3.46. The van der Waals surface area contributed by atoms with Crippen molar-refractivity contribution in [1.29, 1.82) is 0 Å². The predicted molar refractivity (Wildman–Crippen MR) is 105 cm³/mol. The number of rotatable bonds is 6. The highest BCUT2D eigenvalue weighted by atomic mass is 35.5. The first-order valence-corrected chi connectivity index (χ1v) is 9.35. The lowest BCUT2D eigenvalue weighted by Gasteiger charge is -2.14. The molecule has 1 N–H and O–H groups in total. The summed E-state index contributed by atoms with van der Waals surface area (Å²) < 4.78 is 25.5. The van der Waals surface area contributed by atoms with Crippen molar-refractivity contribution in [1.82, 2.24) is 4.98 Å². The molecule has 0 amide bonds. The van der Waals surface area contributed by atoms with E-state index < -0.39 is 5.82 Å². The number of nitrogens with zero attached hydrogens (tertiary/aromatic N) is 1. The number of hydrogen-bond acceptors (Lipinski definition) is 4. The van der Waals surface area contributed by atoms with Crippen molar-refractivity contribution in [3.63, 3.8) is 0 Å². The molecule has 1 aromatic carbocycles. The summed E-state index contributed by atoms with van der Waals surface area (Å²) in [5.41, 5.74) is 0.603. The molecule has 2 aromatic rings. The molecule has 4 nitrogen and oxygen atoms in total. The quantitative estimate of drug-likeness (QED) is 0.491. The third kappa shape index (κ3) is 4.82. The van der Waals surface area contributed by atoms with E-state index in [1.54, 1.807) is 12.1 Å². The van der Waals surface area contributed by atoms with Crippen LogP contribution in [0.2, 0.25) is 10.0 Å². The molecule has 3 rings (SSSR count). The summed E-state index contributed by atoms with van der Waals surface area (Å²) in [6, 6.07) is 4.45. The maximum Gasteiger partial charge on any atom is 0.189 e. The van der Waals surface area contributed by atoms with Gasteiger partial charge in [-0.2, -0.15) is 0 Å². The normalized spacial score (nSPS) is 14.4. The zero-order chi connectivity index (χ0) is 18.5. The van der Waals surface area contributed by atoms with Gasteiger partial charge in [-0.05, 0) is 25.0 Å². The number of thiocarbonyl (C=S) groups is 1. The van der Waals surface area contributed by atoms with E-state index in [1.807, 2.05) is 0 Å². The maximum atomic E-state index is 14.4. The number of pyridine rings is 1. The fourth-order valence-electron chi connectivity index (χ4n) is 2.73. The van der Waals surface area contributed by atoms with Crippen LogP contribution in [0.4, 0.5) is 10.1 Å². The lowest BCUT2D eigenvalue weighted by atomic mass is 10.2. The molecule has 0 aliphatic heterocycles. The third-order valence-electron chi connectivity index (χ3n) is 4.11. The van der Waals surface area contributed by atoms with Gasteiger partial charge in [0.05, 0.1) is 21.8 Å². The molecule has 138 valence electrons. The van der Waals surface area contributed by atoms with Gasteiger partial charge in [-0.1, -0.05) is 48.3 Å². The predicted octanol–water partition coefficient (Wildman–Crippen LogP) is 5.61. The van der Waals surface area contributed by atoms with Gasteiger partial charge in [0.2, 0.25) is 0 Å². The number of nitrogens with one attached hydrogen (secondary N) is 1. The van der Waals surface area contributed by atoms with Crippen LogP contribution in [0.25, 0.3) is 0 Å². The van der Waals surface area contributed by atoms with E-state index in [2.05, 4.69) is 10.3 Å². The van der Waals surface area contributed by atoms with Gasteiger partial charge in [-0.15, -0.1) is 0 Å². The highest BCUT2D eigenvalue weighted by Gasteiger charge is 2.16. The number of ether oxygens (including phenoxy) is 2. The molecule has 26 heavy (non-hydrogen) atoms. The van der Waals surface area contributed by atoms with Crippen LogP contribution in [0.5, 0.6) is 5.75 Å². The zero-order valence-corrected chi connectivity index (χ0v) is 16.1. The van der Waals surface area contributed by atoms with Crippen molar-refractivity contribution in [3.8, 4) is 5.75 Å². The van der Waals surface area contributed by atoms with Gasteiger partial charge < -0.3 is 14.8 Å². The Hall–Kier alpha value is -1.47. The molecule has 1 aliphatic rings. The van der Waals surface area contributed by atoms with Crippen LogP contribution >= 0.6 is 35.4 Å². The maximum absolute atomic E-state index is 14.4. The number of halogens is 3. The van der Waals surface area contributed by atoms with Crippen LogP contribution in [0.1, 0.15) is 31.2 Å². The molecular formula is C18H17Cl2FN2O2S. The van der Waals surface area contributed by atoms with Crippen LogP contribution < -0.4 is 10.1 Å². The first-order valence-electron chi connectivity index (χ1n) is 8.19. The van der Waals surface area contributed by atoms with E-state index in [9.17, 15) is 4.39 Å². The Morgan fingerprint density at radius 2 is 1.92 bits per heavy atom. The van der Waals surface area contributed by atoms with Crippen LogP contribution in [-0.2, 0) is 4.74 Å². The summed E-state index contributed by atoms with van der Waals surface area (Å²) in [6.45, 7) is 0.106. The van der Waals surface area contributed by atoms with Gasteiger partial charge in [0.25, 0.3) is 0 Å².